The van der Waals surface area contributed by atoms with E-state index in [1.807, 2.05) is 30.3 Å². The molecule has 7 nitrogen and oxygen atoms in total. The van der Waals surface area contributed by atoms with Gasteiger partial charge in [-0.15, -0.1) is 0 Å². The number of nitrogens with one attached hydrogen (secondary N) is 1. The maximum Gasteiger partial charge on any atom is 0.243 e. The van der Waals surface area contributed by atoms with Gasteiger partial charge in [-0.25, -0.2) is 8.42 Å². The van der Waals surface area contributed by atoms with Crippen LogP contribution in [-0.4, -0.2) is 58.6 Å². The maximum absolute atomic E-state index is 13.3. The van der Waals surface area contributed by atoms with Crippen LogP contribution in [-0.2, 0) is 26.0 Å². The minimum Gasteiger partial charge on any atom is -0.496 e. The molecule has 1 amide bonds. The summed E-state index contributed by atoms with van der Waals surface area (Å²) in [6.45, 7) is 3.85. The van der Waals surface area contributed by atoms with Crippen molar-refractivity contribution in [2.75, 3.05) is 33.9 Å². The molecule has 0 heterocycles. The van der Waals surface area contributed by atoms with E-state index in [1.54, 1.807) is 33.1 Å². The van der Waals surface area contributed by atoms with Crippen LogP contribution in [0.15, 0.2) is 53.4 Å². The van der Waals surface area contributed by atoms with Gasteiger partial charge in [0.15, 0.2) is 0 Å². The molecule has 2 aromatic carbocycles. The summed E-state index contributed by atoms with van der Waals surface area (Å²) in [5.41, 5.74) is 1.71. The fourth-order valence-corrected chi connectivity index (χ4v) is 4.60. The zero-order valence-corrected chi connectivity index (χ0v) is 18.7. The van der Waals surface area contributed by atoms with E-state index in [0.717, 1.165) is 5.56 Å². The van der Waals surface area contributed by atoms with Gasteiger partial charge in [0.05, 0.1) is 25.2 Å². The van der Waals surface area contributed by atoms with Gasteiger partial charge in [0, 0.05) is 19.7 Å². The fraction of sp³-hybridized carbons (Fsp3) is 0.409. The van der Waals surface area contributed by atoms with E-state index in [1.165, 1.54) is 17.5 Å². The predicted octanol–water partition coefficient (Wildman–Crippen LogP) is 2.39. The highest BCUT2D eigenvalue weighted by molar-refractivity contribution is 7.89. The van der Waals surface area contributed by atoms with Crippen LogP contribution in [0.2, 0.25) is 0 Å². The lowest BCUT2D eigenvalue weighted by atomic mass is 10.1. The molecule has 0 unspecified atom stereocenters. The highest BCUT2D eigenvalue weighted by atomic mass is 32.2. The zero-order valence-electron chi connectivity index (χ0n) is 17.9. The van der Waals surface area contributed by atoms with Gasteiger partial charge in [0.2, 0.25) is 15.9 Å². The Hall–Kier alpha value is -2.42. The fourth-order valence-electron chi connectivity index (χ4n) is 3.12. The van der Waals surface area contributed by atoms with E-state index in [0.29, 0.717) is 24.3 Å². The molecule has 164 valence electrons. The van der Waals surface area contributed by atoms with Gasteiger partial charge in [-0.05, 0) is 49.6 Å². The third-order valence-corrected chi connectivity index (χ3v) is 6.48. The van der Waals surface area contributed by atoms with Crippen molar-refractivity contribution in [1.29, 1.82) is 0 Å². The van der Waals surface area contributed by atoms with Gasteiger partial charge in [-0.3, -0.25) is 4.79 Å². The second-order valence-electron chi connectivity index (χ2n) is 7.13. The zero-order chi connectivity index (χ0) is 22.1. The molecule has 1 atom stereocenters. The van der Waals surface area contributed by atoms with Gasteiger partial charge in [-0.2, -0.15) is 4.31 Å². The molecule has 0 aliphatic rings. The van der Waals surface area contributed by atoms with Crippen molar-refractivity contribution in [2.45, 2.75) is 31.2 Å². The molecule has 8 heteroatoms. The summed E-state index contributed by atoms with van der Waals surface area (Å²) in [5.74, 6) is 0.234. The molecular weight excluding hydrogens is 404 g/mol. The lowest BCUT2D eigenvalue weighted by Gasteiger charge is -2.23. The second kappa shape index (κ2) is 11.1. The molecule has 1 N–H and O–H groups in total. The molecule has 0 bridgehead atoms. The number of amides is 1. The first-order valence-electron chi connectivity index (χ1n) is 9.75. The number of carbonyl (C=O) groups excluding carboxylic acids is 1. The number of benzene rings is 2. The van der Waals surface area contributed by atoms with Crippen LogP contribution in [0.1, 0.15) is 18.1 Å². The van der Waals surface area contributed by atoms with Crippen molar-refractivity contribution >= 4 is 15.9 Å². The molecule has 0 aliphatic carbocycles. The van der Waals surface area contributed by atoms with Crippen molar-refractivity contribution in [3.05, 3.63) is 59.7 Å². The van der Waals surface area contributed by atoms with Crippen molar-refractivity contribution in [3.8, 4) is 5.75 Å². The molecule has 2 aromatic rings. The van der Waals surface area contributed by atoms with Crippen molar-refractivity contribution < 1.29 is 22.7 Å². The Morgan fingerprint density at radius 3 is 2.43 bits per heavy atom. The first-order chi connectivity index (χ1) is 14.3. The summed E-state index contributed by atoms with van der Waals surface area (Å²) in [6, 6.07) is 14.1. The van der Waals surface area contributed by atoms with Crippen molar-refractivity contribution in [1.82, 2.24) is 9.62 Å². The predicted molar refractivity (Wildman–Crippen MR) is 116 cm³/mol. The van der Waals surface area contributed by atoms with Crippen LogP contribution in [0.4, 0.5) is 0 Å². The molecule has 30 heavy (non-hydrogen) atoms. The average Bonchev–Trinajstić information content (AvgIpc) is 2.71. The number of rotatable bonds is 11. The minimum absolute atomic E-state index is 0.131. The minimum atomic E-state index is -3.88. The molecule has 0 saturated heterocycles. The normalized spacial score (nSPS) is 12.6. The summed E-state index contributed by atoms with van der Waals surface area (Å²) in [5, 5.41) is 2.77. The van der Waals surface area contributed by atoms with Crippen molar-refractivity contribution in [2.24, 2.45) is 0 Å². The van der Waals surface area contributed by atoms with Gasteiger partial charge >= 0.3 is 0 Å². The number of methoxy groups -OCH3 is 2. The first kappa shape index (κ1) is 23.9. The van der Waals surface area contributed by atoms with Crippen molar-refractivity contribution in [3.63, 3.8) is 0 Å². The number of hydrogen-bond donors (Lipinski definition) is 1. The lowest BCUT2D eigenvalue weighted by Crippen LogP contribution is -2.45. The first-order valence-corrected chi connectivity index (χ1v) is 11.2. The van der Waals surface area contributed by atoms with E-state index < -0.39 is 10.0 Å². The number of ether oxygens (including phenoxy) is 2. The van der Waals surface area contributed by atoms with Gasteiger partial charge in [0.1, 0.15) is 5.75 Å². The number of aryl methyl sites for hydroxylation is 1. The SMILES string of the molecule is COC[C@H](C)NC(=O)CN(CCc1ccccc1)S(=O)(=O)c1ccc(OC)c(C)c1. The monoisotopic (exact) mass is 434 g/mol. The molecule has 0 aromatic heterocycles. The number of hydrogen-bond acceptors (Lipinski definition) is 5. The summed E-state index contributed by atoms with van der Waals surface area (Å²) in [7, 11) is -0.793. The van der Waals surface area contributed by atoms with Crippen LogP contribution in [0.25, 0.3) is 0 Å². The number of carbonyl (C=O) groups is 1. The van der Waals surface area contributed by atoms with Crippen LogP contribution in [0.5, 0.6) is 5.75 Å². The van der Waals surface area contributed by atoms with E-state index in [4.69, 9.17) is 9.47 Å². The van der Waals surface area contributed by atoms with Crippen LogP contribution in [0, 0.1) is 6.92 Å². The highest BCUT2D eigenvalue weighted by Gasteiger charge is 2.27. The molecule has 0 radical (unpaired) electrons. The molecule has 0 aliphatic heterocycles. The summed E-state index contributed by atoms with van der Waals surface area (Å²) < 4.78 is 38.1. The van der Waals surface area contributed by atoms with E-state index >= 15 is 0 Å². The third kappa shape index (κ3) is 6.55. The average molecular weight is 435 g/mol. The Labute approximate surface area is 179 Å². The topological polar surface area (TPSA) is 84.9 Å². The maximum atomic E-state index is 13.3. The number of sulfonamides is 1. The lowest BCUT2D eigenvalue weighted by molar-refractivity contribution is -0.122. The van der Waals surface area contributed by atoms with Crippen LogP contribution in [0.3, 0.4) is 0 Å². The molecular formula is C22H30N2O5S. The Bertz CT molecular complexity index is 932. The molecule has 0 spiro atoms. The van der Waals surface area contributed by atoms with Gasteiger partial charge in [0.25, 0.3) is 0 Å². The quantitative estimate of drug-likeness (QED) is 0.587. The van der Waals surface area contributed by atoms with Crippen LogP contribution >= 0.6 is 0 Å². The second-order valence-corrected chi connectivity index (χ2v) is 9.07. The smallest absolute Gasteiger partial charge is 0.243 e. The van der Waals surface area contributed by atoms with Gasteiger partial charge in [-0.1, -0.05) is 30.3 Å². The Balaban J connectivity index is 2.26. The standard InChI is InChI=1S/C22H30N2O5S/c1-17-14-20(10-11-21(17)29-4)30(26,27)24(13-12-19-8-6-5-7-9-19)15-22(25)23-18(2)16-28-3/h5-11,14,18H,12-13,15-16H2,1-4H3,(H,23,25)/t18-/m0/s1. The summed E-state index contributed by atoms with van der Waals surface area (Å²) in [6.07, 6.45) is 0.496. The van der Waals surface area contributed by atoms with Gasteiger partial charge < -0.3 is 14.8 Å². The van der Waals surface area contributed by atoms with Crippen LogP contribution < -0.4 is 10.1 Å². The van der Waals surface area contributed by atoms with E-state index in [2.05, 4.69) is 5.32 Å². The summed E-state index contributed by atoms with van der Waals surface area (Å²) in [4.78, 5) is 12.6. The molecule has 0 saturated carbocycles. The molecule has 0 fully saturated rings. The molecule has 2 rings (SSSR count). The van der Waals surface area contributed by atoms with E-state index in [9.17, 15) is 13.2 Å². The third-order valence-electron chi connectivity index (χ3n) is 4.64. The number of nitrogens with zero attached hydrogens (tertiary/aromatic N) is 1. The van der Waals surface area contributed by atoms with E-state index in [-0.39, 0.29) is 29.9 Å². The Kier molecular flexibility index (Phi) is 8.83. The Morgan fingerprint density at radius 2 is 1.83 bits per heavy atom. The largest absolute Gasteiger partial charge is 0.496 e. The Morgan fingerprint density at radius 1 is 1.13 bits per heavy atom. The summed E-state index contributed by atoms with van der Waals surface area (Å²) >= 11 is 0. The highest BCUT2D eigenvalue weighted by Crippen LogP contribution is 2.24.